The highest BCUT2D eigenvalue weighted by Gasteiger charge is 2.34. The van der Waals surface area contributed by atoms with Gasteiger partial charge in [-0.2, -0.15) is 0 Å². The third-order valence-corrected chi connectivity index (χ3v) is 3.78. The largest absolute Gasteiger partial charge is 0.483 e. The van der Waals surface area contributed by atoms with Crippen LogP contribution in [0, 0.1) is 6.92 Å². The van der Waals surface area contributed by atoms with Crippen LogP contribution in [0.1, 0.15) is 37.7 Å². The van der Waals surface area contributed by atoms with Crippen LogP contribution in [0.2, 0.25) is 5.02 Å². The third-order valence-electron chi connectivity index (χ3n) is 3.47. The van der Waals surface area contributed by atoms with Crippen LogP contribution in [0.3, 0.4) is 0 Å². The maximum absolute atomic E-state index is 9.59. The van der Waals surface area contributed by atoms with E-state index in [1.165, 1.54) is 6.42 Å². The summed E-state index contributed by atoms with van der Waals surface area (Å²) in [7, 11) is 0. The van der Waals surface area contributed by atoms with Crippen molar-refractivity contribution >= 4 is 11.6 Å². The van der Waals surface area contributed by atoms with Gasteiger partial charge in [-0.25, -0.2) is 0 Å². The Bertz CT molecular complexity index is 384. The molecule has 1 N–H and O–H groups in total. The van der Waals surface area contributed by atoms with Gasteiger partial charge >= 0.3 is 0 Å². The molecule has 1 aliphatic carbocycles. The van der Waals surface area contributed by atoms with E-state index < -0.39 is 5.60 Å². The van der Waals surface area contributed by atoms with Crippen molar-refractivity contribution in [2.24, 2.45) is 0 Å². The average molecular weight is 255 g/mol. The van der Waals surface area contributed by atoms with Gasteiger partial charge in [0.15, 0.2) is 0 Å². The molecule has 0 radical (unpaired) electrons. The van der Waals surface area contributed by atoms with E-state index in [1.54, 1.807) is 0 Å². The van der Waals surface area contributed by atoms with Gasteiger partial charge in [0.25, 0.3) is 0 Å². The number of hydrogen-bond donors (Lipinski definition) is 1. The molecule has 1 aliphatic rings. The molecule has 1 fully saturated rings. The zero-order chi connectivity index (χ0) is 12.3. The van der Waals surface area contributed by atoms with E-state index in [0.29, 0.717) is 10.8 Å². The summed E-state index contributed by atoms with van der Waals surface area (Å²) in [5, 5.41) is 10.2. The van der Waals surface area contributed by atoms with Gasteiger partial charge in [-0.15, -0.1) is 0 Å². The number of rotatable bonds is 3. The van der Waals surface area contributed by atoms with Gasteiger partial charge < -0.3 is 9.84 Å². The average Bonchev–Trinajstić information content (AvgIpc) is 2.35. The van der Waals surface area contributed by atoms with E-state index in [9.17, 15) is 5.11 Å². The van der Waals surface area contributed by atoms with E-state index in [0.717, 1.165) is 31.2 Å². The Morgan fingerprint density at radius 2 is 2.00 bits per heavy atom. The maximum Gasteiger partial charge on any atom is 0.139 e. The van der Waals surface area contributed by atoms with Crippen molar-refractivity contribution in [1.29, 1.82) is 0 Å². The van der Waals surface area contributed by atoms with E-state index >= 15 is 0 Å². The molecule has 0 spiro atoms. The van der Waals surface area contributed by atoms with Crippen LogP contribution < -0.4 is 4.74 Å². The zero-order valence-corrected chi connectivity index (χ0v) is 11.0. The highest BCUT2D eigenvalue weighted by molar-refractivity contribution is 6.32. The lowest BCUT2D eigenvalue weighted by molar-refractivity contribution is -0.0197. The summed E-state index contributed by atoms with van der Waals surface area (Å²) >= 11 is 6.13. The molecule has 0 aliphatic heterocycles. The topological polar surface area (TPSA) is 29.5 Å². The first-order chi connectivity index (χ1) is 8.15. The van der Waals surface area contributed by atoms with Crippen molar-refractivity contribution in [2.75, 3.05) is 6.61 Å². The molecule has 0 atom stereocenters. The zero-order valence-electron chi connectivity index (χ0n) is 10.2. The smallest absolute Gasteiger partial charge is 0.139 e. The predicted molar refractivity (Wildman–Crippen MR) is 69.7 cm³/mol. The van der Waals surface area contributed by atoms with Gasteiger partial charge in [0, 0.05) is 0 Å². The van der Waals surface area contributed by atoms with Crippen molar-refractivity contribution in [3.63, 3.8) is 0 Å². The normalized spacial score (nSPS) is 19.0. The summed E-state index contributed by atoms with van der Waals surface area (Å²) < 4.78 is 6.02. The van der Waals surface area contributed by atoms with E-state index in [-0.39, 0.29) is 6.61 Å². The minimum atomic E-state index is -0.421. The Morgan fingerprint density at radius 3 is 2.65 bits per heavy atom. The van der Waals surface area contributed by atoms with Crippen LogP contribution in [0.4, 0.5) is 0 Å². The van der Waals surface area contributed by atoms with Crippen LogP contribution in [0.15, 0.2) is 18.2 Å². The molecule has 1 aromatic rings. The highest BCUT2D eigenvalue weighted by Crippen LogP contribution is 2.36. The monoisotopic (exact) mass is 254 g/mol. The van der Waals surface area contributed by atoms with Crippen LogP contribution >= 0.6 is 11.6 Å². The third kappa shape index (κ3) is 2.93. The van der Waals surface area contributed by atoms with Gasteiger partial charge in [-0.05, 0) is 50.3 Å². The van der Waals surface area contributed by atoms with Crippen LogP contribution in [-0.4, -0.2) is 17.3 Å². The lowest BCUT2D eigenvalue weighted by Gasteiger charge is -2.36. The molecule has 0 heterocycles. The number of ether oxygens (including phenoxy) is 1. The summed E-state index contributed by atoms with van der Waals surface area (Å²) in [5.41, 5.74) is 0.698. The summed E-state index contributed by atoms with van der Waals surface area (Å²) in [5.74, 6) is 0.697. The maximum atomic E-state index is 9.59. The molecule has 3 heteroatoms. The first-order valence-corrected chi connectivity index (χ1v) is 6.59. The molecule has 94 valence electrons. The summed E-state index contributed by atoms with van der Waals surface area (Å²) in [6.45, 7) is 2.08. The lowest BCUT2D eigenvalue weighted by Crippen LogP contribution is -2.42. The number of aliphatic hydroxyl groups is 1. The molecule has 0 bridgehead atoms. The van der Waals surface area contributed by atoms with Crippen molar-refractivity contribution in [3.8, 4) is 5.75 Å². The lowest BCUT2D eigenvalue weighted by atomic mass is 9.85. The van der Waals surface area contributed by atoms with Gasteiger partial charge in [0.1, 0.15) is 11.4 Å². The van der Waals surface area contributed by atoms with E-state index in [2.05, 4.69) is 0 Å². The van der Waals surface area contributed by atoms with E-state index in [4.69, 9.17) is 16.3 Å². The fourth-order valence-corrected chi connectivity index (χ4v) is 2.57. The van der Waals surface area contributed by atoms with Crippen LogP contribution in [-0.2, 0) is 0 Å². The Kier molecular flexibility index (Phi) is 3.95. The molecular formula is C14H19ClO2. The second-order valence-electron chi connectivity index (χ2n) is 4.94. The quantitative estimate of drug-likeness (QED) is 0.891. The molecule has 1 aromatic carbocycles. The molecule has 17 heavy (non-hydrogen) atoms. The Balaban J connectivity index is 2.20. The van der Waals surface area contributed by atoms with Crippen LogP contribution in [0.5, 0.6) is 5.75 Å². The standard InChI is InChI=1S/C14H19ClO2/c1-11-5-6-12(15)13(9-11)17-14(10-16)7-3-2-4-8-14/h5-6,9,16H,2-4,7-8,10H2,1H3. The van der Waals surface area contributed by atoms with Gasteiger partial charge in [-0.3, -0.25) is 0 Å². The van der Waals surface area contributed by atoms with E-state index in [1.807, 2.05) is 25.1 Å². The molecule has 0 amide bonds. The Hall–Kier alpha value is -0.730. The SMILES string of the molecule is Cc1ccc(Cl)c(OC2(CO)CCCCC2)c1. The minimum Gasteiger partial charge on any atom is -0.483 e. The number of hydrogen-bond acceptors (Lipinski definition) is 2. The van der Waals surface area contributed by atoms with Crippen molar-refractivity contribution in [1.82, 2.24) is 0 Å². The molecule has 0 aromatic heterocycles. The first kappa shape index (κ1) is 12.7. The molecule has 0 unspecified atom stereocenters. The predicted octanol–water partition coefficient (Wildman–Crippen LogP) is 3.72. The van der Waals surface area contributed by atoms with Crippen molar-refractivity contribution in [2.45, 2.75) is 44.6 Å². The Labute approximate surface area is 108 Å². The molecule has 0 saturated heterocycles. The fourth-order valence-electron chi connectivity index (χ4n) is 2.41. The van der Waals surface area contributed by atoms with Crippen LogP contribution in [0.25, 0.3) is 0 Å². The first-order valence-electron chi connectivity index (χ1n) is 6.21. The fraction of sp³-hybridized carbons (Fsp3) is 0.571. The number of aryl methyl sites for hydroxylation is 1. The molecule has 2 rings (SSSR count). The van der Waals surface area contributed by atoms with Gasteiger partial charge in [-0.1, -0.05) is 24.1 Å². The number of halogens is 1. The van der Waals surface area contributed by atoms with Gasteiger partial charge in [0.2, 0.25) is 0 Å². The number of benzene rings is 1. The minimum absolute atomic E-state index is 0.0667. The summed E-state index contributed by atoms with van der Waals surface area (Å²) in [4.78, 5) is 0. The van der Waals surface area contributed by atoms with Crippen molar-refractivity contribution in [3.05, 3.63) is 28.8 Å². The highest BCUT2D eigenvalue weighted by atomic mass is 35.5. The summed E-state index contributed by atoms with van der Waals surface area (Å²) in [6.07, 6.45) is 5.28. The second-order valence-corrected chi connectivity index (χ2v) is 5.34. The summed E-state index contributed by atoms with van der Waals surface area (Å²) in [6, 6.07) is 5.75. The molecule has 2 nitrogen and oxygen atoms in total. The second kappa shape index (κ2) is 5.28. The molecule has 1 saturated carbocycles. The number of aliphatic hydroxyl groups excluding tert-OH is 1. The van der Waals surface area contributed by atoms with Crippen molar-refractivity contribution < 1.29 is 9.84 Å². The Morgan fingerprint density at radius 1 is 1.29 bits per heavy atom. The molecular weight excluding hydrogens is 236 g/mol. The van der Waals surface area contributed by atoms with Gasteiger partial charge in [0.05, 0.1) is 11.6 Å².